The Morgan fingerprint density at radius 2 is 2.20 bits per heavy atom. The van der Waals surface area contributed by atoms with Crippen LogP contribution in [0.5, 0.6) is 5.75 Å². The summed E-state index contributed by atoms with van der Waals surface area (Å²) in [5.41, 5.74) is 0.732. The van der Waals surface area contributed by atoms with Crippen molar-refractivity contribution in [2.24, 2.45) is 11.3 Å². The van der Waals surface area contributed by atoms with Gasteiger partial charge in [0, 0.05) is 5.92 Å². The van der Waals surface area contributed by atoms with Crippen LogP contribution in [0.15, 0.2) is 18.2 Å². The van der Waals surface area contributed by atoms with E-state index in [1.165, 1.54) is 19.2 Å². The third-order valence-corrected chi connectivity index (χ3v) is 4.18. The maximum absolute atomic E-state index is 12.2. The summed E-state index contributed by atoms with van der Waals surface area (Å²) in [6.07, 6.45) is 1.87. The Balaban J connectivity index is 2.14. The molecule has 1 saturated carbocycles. The van der Waals surface area contributed by atoms with Crippen LogP contribution in [0, 0.1) is 11.3 Å². The number of carbonyl (C=O) groups is 2. The molecule has 2 unspecified atom stereocenters. The number of carbonyl (C=O) groups excluding carboxylic acids is 1. The third kappa shape index (κ3) is 2.61. The number of nitrogens with one attached hydrogen (secondary N) is 1. The second kappa shape index (κ2) is 5.15. The van der Waals surface area contributed by atoms with Crippen LogP contribution in [-0.4, -0.2) is 24.1 Å². The van der Waals surface area contributed by atoms with Gasteiger partial charge in [-0.3, -0.25) is 4.79 Å². The number of hydrogen-bond donors (Lipinski definition) is 2. The topological polar surface area (TPSA) is 75.6 Å². The standard InChI is InChI=1S/C15H19NO4/c1-4-15(2)8-10(15)13(17)16-11-6-5-9(14(18)19)7-12(11)20-3/h5-7,10H,4,8H2,1-3H3,(H,16,17)(H,18,19). The van der Waals surface area contributed by atoms with Crippen molar-refractivity contribution in [1.82, 2.24) is 0 Å². The van der Waals surface area contributed by atoms with E-state index in [0.29, 0.717) is 11.4 Å². The molecule has 0 radical (unpaired) electrons. The lowest BCUT2D eigenvalue weighted by Crippen LogP contribution is -2.18. The molecule has 0 aromatic heterocycles. The fourth-order valence-electron chi connectivity index (χ4n) is 2.35. The fraction of sp³-hybridized carbons (Fsp3) is 0.467. The Labute approximate surface area is 117 Å². The largest absolute Gasteiger partial charge is 0.495 e. The number of rotatable bonds is 5. The van der Waals surface area contributed by atoms with E-state index >= 15 is 0 Å². The molecule has 108 valence electrons. The number of carboxylic acid groups (broad SMARTS) is 1. The first-order chi connectivity index (χ1) is 9.41. The van der Waals surface area contributed by atoms with E-state index in [9.17, 15) is 9.59 Å². The molecule has 1 aromatic rings. The van der Waals surface area contributed by atoms with Gasteiger partial charge in [0.25, 0.3) is 0 Å². The molecular formula is C15H19NO4. The van der Waals surface area contributed by atoms with Crippen molar-refractivity contribution in [2.45, 2.75) is 26.7 Å². The lowest BCUT2D eigenvalue weighted by molar-refractivity contribution is -0.118. The van der Waals surface area contributed by atoms with Crippen LogP contribution in [-0.2, 0) is 4.79 Å². The summed E-state index contributed by atoms with van der Waals surface area (Å²) in [6, 6.07) is 4.42. The average Bonchev–Trinajstić information content (AvgIpc) is 3.12. The molecule has 1 aliphatic carbocycles. The van der Waals surface area contributed by atoms with E-state index in [1.807, 2.05) is 0 Å². The molecule has 20 heavy (non-hydrogen) atoms. The van der Waals surface area contributed by atoms with E-state index in [4.69, 9.17) is 9.84 Å². The van der Waals surface area contributed by atoms with Gasteiger partial charge in [-0.25, -0.2) is 4.79 Å². The molecule has 1 fully saturated rings. The van der Waals surface area contributed by atoms with Gasteiger partial charge in [0.15, 0.2) is 0 Å². The van der Waals surface area contributed by atoms with Gasteiger partial charge < -0.3 is 15.2 Å². The highest BCUT2D eigenvalue weighted by atomic mass is 16.5. The first-order valence-corrected chi connectivity index (χ1v) is 6.63. The van der Waals surface area contributed by atoms with Crippen molar-refractivity contribution < 1.29 is 19.4 Å². The summed E-state index contributed by atoms with van der Waals surface area (Å²) in [4.78, 5) is 23.1. The maximum atomic E-state index is 12.2. The molecule has 2 atom stereocenters. The summed E-state index contributed by atoms with van der Waals surface area (Å²) >= 11 is 0. The minimum absolute atomic E-state index is 0.0244. The van der Waals surface area contributed by atoms with Crippen molar-refractivity contribution in [3.05, 3.63) is 23.8 Å². The molecule has 0 saturated heterocycles. The van der Waals surface area contributed by atoms with Gasteiger partial charge in [0.1, 0.15) is 5.75 Å². The Morgan fingerprint density at radius 3 is 2.70 bits per heavy atom. The fourth-order valence-corrected chi connectivity index (χ4v) is 2.35. The van der Waals surface area contributed by atoms with Gasteiger partial charge in [-0.2, -0.15) is 0 Å². The van der Waals surface area contributed by atoms with E-state index < -0.39 is 5.97 Å². The zero-order valence-electron chi connectivity index (χ0n) is 11.9. The Hall–Kier alpha value is -2.04. The summed E-state index contributed by atoms with van der Waals surface area (Å²) in [5.74, 6) is -0.675. The van der Waals surface area contributed by atoms with Gasteiger partial charge in [0.05, 0.1) is 18.4 Å². The molecule has 1 amide bonds. The second-order valence-electron chi connectivity index (χ2n) is 5.47. The minimum atomic E-state index is -1.03. The normalized spacial score (nSPS) is 24.1. The van der Waals surface area contributed by atoms with Crippen LogP contribution in [0.4, 0.5) is 5.69 Å². The van der Waals surface area contributed by atoms with E-state index in [-0.39, 0.29) is 22.8 Å². The van der Waals surface area contributed by atoms with Crippen LogP contribution in [0.3, 0.4) is 0 Å². The predicted molar refractivity (Wildman–Crippen MR) is 75.1 cm³/mol. The molecule has 2 rings (SSSR count). The minimum Gasteiger partial charge on any atom is -0.495 e. The number of ether oxygens (including phenoxy) is 1. The quantitative estimate of drug-likeness (QED) is 0.867. The monoisotopic (exact) mass is 277 g/mol. The number of methoxy groups -OCH3 is 1. The van der Waals surface area contributed by atoms with Gasteiger partial charge in [0.2, 0.25) is 5.91 Å². The molecule has 0 aliphatic heterocycles. The van der Waals surface area contributed by atoms with Gasteiger partial charge in [-0.05, 0) is 36.5 Å². The molecule has 2 N–H and O–H groups in total. The lowest BCUT2D eigenvalue weighted by Gasteiger charge is -2.12. The first kappa shape index (κ1) is 14.4. The molecule has 5 nitrogen and oxygen atoms in total. The van der Waals surface area contributed by atoms with Crippen molar-refractivity contribution in [1.29, 1.82) is 0 Å². The summed E-state index contributed by atoms with van der Waals surface area (Å²) in [7, 11) is 1.45. The maximum Gasteiger partial charge on any atom is 0.335 e. The van der Waals surface area contributed by atoms with Crippen molar-refractivity contribution in [3.8, 4) is 5.75 Å². The smallest absolute Gasteiger partial charge is 0.335 e. The zero-order chi connectivity index (χ0) is 14.9. The SMILES string of the molecule is CCC1(C)CC1C(=O)Nc1ccc(C(=O)O)cc1OC. The lowest BCUT2D eigenvalue weighted by atomic mass is 10.0. The second-order valence-corrected chi connectivity index (χ2v) is 5.47. The van der Waals surface area contributed by atoms with Crippen LogP contribution in [0.25, 0.3) is 0 Å². The predicted octanol–water partition coefficient (Wildman–Crippen LogP) is 2.77. The van der Waals surface area contributed by atoms with Crippen molar-refractivity contribution in [3.63, 3.8) is 0 Å². The van der Waals surface area contributed by atoms with Crippen LogP contribution in [0.2, 0.25) is 0 Å². The number of carboxylic acids is 1. The molecule has 5 heteroatoms. The summed E-state index contributed by atoms with van der Waals surface area (Å²) in [6.45, 7) is 4.18. The number of aromatic carboxylic acids is 1. The van der Waals surface area contributed by atoms with Crippen molar-refractivity contribution >= 4 is 17.6 Å². The van der Waals surface area contributed by atoms with Crippen LogP contribution < -0.4 is 10.1 Å². The van der Waals surface area contributed by atoms with Gasteiger partial charge in [-0.15, -0.1) is 0 Å². The number of hydrogen-bond acceptors (Lipinski definition) is 3. The number of anilines is 1. The van der Waals surface area contributed by atoms with Crippen LogP contribution in [0.1, 0.15) is 37.0 Å². The zero-order valence-corrected chi connectivity index (χ0v) is 11.9. The highest BCUT2D eigenvalue weighted by Gasteiger charge is 2.52. The van der Waals surface area contributed by atoms with Crippen molar-refractivity contribution in [2.75, 3.05) is 12.4 Å². The Morgan fingerprint density at radius 1 is 1.50 bits per heavy atom. The highest BCUT2D eigenvalue weighted by Crippen LogP contribution is 2.55. The Kier molecular flexibility index (Phi) is 3.70. The molecule has 0 bridgehead atoms. The van der Waals surface area contributed by atoms with E-state index in [0.717, 1.165) is 12.8 Å². The summed E-state index contributed by atoms with van der Waals surface area (Å²) < 4.78 is 5.14. The average molecular weight is 277 g/mol. The highest BCUT2D eigenvalue weighted by molar-refractivity contribution is 5.97. The Bertz CT molecular complexity index is 555. The molecular weight excluding hydrogens is 258 g/mol. The molecule has 1 aromatic carbocycles. The molecule has 0 spiro atoms. The molecule has 1 aliphatic rings. The molecule has 0 heterocycles. The van der Waals surface area contributed by atoms with Gasteiger partial charge in [-0.1, -0.05) is 13.8 Å². The van der Waals surface area contributed by atoms with E-state index in [1.54, 1.807) is 6.07 Å². The van der Waals surface area contributed by atoms with Crippen LogP contribution >= 0.6 is 0 Å². The number of amides is 1. The van der Waals surface area contributed by atoms with Gasteiger partial charge >= 0.3 is 5.97 Å². The first-order valence-electron chi connectivity index (χ1n) is 6.63. The summed E-state index contributed by atoms with van der Waals surface area (Å²) in [5, 5.41) is 11.8. The third-order valence-electron chi connectivity index (χ3n) is 4.18. The number of benzene rings is 1. The van der Waals surface area contributed by atoms with E-state index in [2.05, 4.69) is 19.2 Å².